The molecule has 0 radical (unpaired) electrons. The number of urea groups is 1. The van der Waals surface area contributed by atoms with Crippen LogP contribution in [0.3, 0.4) is 0 Å². The molecule has 1 aliphatic heterocycles. The largest absolute Gasteiger partial charge is 0.497 e. The number of methoxy groups -OCH3 is 1. The number of rotatable bonds is 8. The number of para-hydroxylation sites is 1. The van der Waals surface area contributed by atoms with E-state index >= 15 is 0 Å². The fraction of sp³-hybridized carbons (Fsp3) is 0.333. The average Bonchev–Trinajstić information content (AvgIpc) is 2.77. The lowest BCUT2D eigenvalue weighted by atomic mass is 9.92. The molecule has 0 spiro atoms. The highest BCUT2D eigenvalue weighted by Crippen LogP contribution is 2.36. The van der Waals surface area contributed by atoms with E-state index in [4.69, 9.17) is 14.2 Å². The van der Waals surface area contributed by atoms with Crippen LogP contribution in [0.4, 0.5) is 4.79 Å². The van der Waals surface area contributed by atoms with Crippen molar-refractivity contribution in [3.63, 3.8) is 0 Å². The number of ether oxygens (including phenoxy) is 3. The van der Waals surface area contributed by atoms with Crippen LogP contribution in [-0.4, -0.2) is 32.3 Å². The molecule has 1 unspecified atom stereocenters. The van der Waals surface area contributed by atoms with E-state index < -0.39 is 18.0 Å². The Morgan fingerprint density at radius 1 is 1.10 bits per heavy atom. The van der Waals surface area contributed by atoms with Gasteiger partial charge in [-0.3, -0.25) is 0 Å². The second kappa shape index (κ2) is 10.0. The molecule has 1 atom stereocenters. The summed E-state index contributed by atoms with van der Waals surface area (Å²) < 4.78 is 16.6. The first-order valence-corrected chi connectivity index (χ1v) is 10.3. The van der Waals surface area contributed by atoms with Gasteiger partial charge in [-0.25, -0.2) is 9.59 Å². The highest BCUT2D eigenvalue weighted by Gasteiger charge is 2.35. The summed E-state index contributed by atoms with van der Waals surface area (Å²) in [5.74, 6) is 1.10. The maximum absolute atomic E-state index is 13.0. The Labute approximate surface area is 182 Å². The van der Waals surface area contributed by atoms with Gasteiger partial charge in [-0.15, -0.1) is 0 Å². The number of carbonyl (C=O) groups is 2. The molecule has 3 rings (SSSR count). The number of amides is 2. The summed E-state index contributed by atoms with van der Waals surface area (Å²) in [5.41, 5.74) is 2.07. The van der Waals surface area contributed by atoms with Gasteiger partial charge in [0.05, 0.1) is 37.6 Å². The van der Waals surface area contributed by atoms with E-state index in [1.807, 2.05) is 24.3 Å². The van der Waals surface area contributed by atoms with E-state index in [-0.39, 0.29) is 6.61 Å². The van der Waals surface area contributed by atoms with Gasteiger partial charge in [0, 0.05) is 5.56 Å². The van der Waals surface area contributed by atoms with Gasteiger partial charge in [-0.05, 0) is 48.7 Å². The summed E-state index contributed by atoms with van der Waals surface area (Å²) in [6.07, 6.45) is 0. The van der Waals surface area contributed by atoms with Crippen molar-refractivity contribution in [2.75, 3.05) is 20.3 Å². The summed E-state index contributed by atoms with van der Waals surface area (Å²) >= 11 is 0. The van der Waals surface area contributed by atoms with E-state index in [0.717, 1.165) is 0 Å². The predicted octanol–water partition coefficient (Wildman–Crippen LogP) is 4.06. The van der Waals surface area contributed by atoms with Crippen molar-refractivity contribution in [3.05, 3.63) is 65.2 Å². The van der Waals surface area contributed by atoms with Crippen LogP contribution >= 0.6 is 0 Å². The molecular weight excluding hydrogens is 396 g/mol. The van der Waals surface area contributed by atoms with Crippen molar-refractivity contribution in [2.45, 2.75) is 26.8 Å². The first kappa shape index (κ1) is 22.2. The first-order chi connectivity index (χ1) is 14.9. The third-order valence-electron chi connectivity index (χ3n) is 4.75. The molecule has 1 aliphatic rings. The molecule has 31 heavy (non-hydrogen) atoms. The van der Waals surface area contributed by atoms with E-state index in [9.17, 15) is 9.59 Å². The van der Waals surface area contributed by atoms with Gasteiger partial charge < -0.3 is 24.8 Å². The molecule has 0 bridgehead atoms. The second-order valence-corrected chi connectivity index (χ2v) is 7.51. The summed E-state index contributed by atoms with van der Waals surface area (Å²) in [4.78, 5) is 25.6. The normalized spacial score (nSPS) is 15.9. The number of nitrogens with one attached hydrogen (secondary N) is 2. The molecule has 1 heterocycles. The minimum atomic E-state index is -0.728. The first-order valence-electron chi connectivity index (χ1n) is 10.3. The zero-order chi connectivity index (χ0) is 22.4. The van der Waals surface area contributed by atoms with Crippen LogP contribution in [0.15, 0.2) is 54.1 Å². The van der Waals surface area contributed by atoms with Crippen LogP contribution in [-0.2, 0) is 9.53 Å². The molecule has 2 aromatic rings. The van der Waals surface area contributed by atoms with Gasteiger partial charge in [0.15, 0.2) is 0 Å². The number of benzene rings is 2. The van der Waals surface area contributed by atoms with Crippen molar-refractivity contribution in [1.29, 1.82) is 0 Å². The molecule has 7 heteroatoms. The minimum Gasteiger partial charge on any atom is -0.497 e. The van der Waals surface area contributed by atoms with Crippen LogP contribution in [0.5, 0.6) is 11.5 Å². The third kappa shape index (κ3) is 5.17. The number of hydrogen-bond acceptors (Lipinski definition) is 5. The molecule has 2 amide bonds. The van der Waals surface area contributed by atoms with Gasteiger partial charge in [0.2, 0.25) is 0 Å². The topological polar surface area (TPSA) is 85.9 Å². The van der Waals surface area contributed by atoms with E-state index in [1.54, 1.807) is 38.3 Å². The highest BCUT2D eigenvalue weighted by molar-refractivity contribution is 6.04. The summed E-state index contributed by atoms with van der Waals surface area (Å²) in [5, 5.41) is 5.64. The van der Waals surface area contributed by atoms with Crippen molar-refractivity contribution in [1.82, 2.24) is 10.6 Å². The van der Waals surface area contributed by atoms with Gasteiger partial charge >= 0.3 is 12.0 Å². The zero-order valence-electron chi connectivity index (χ0n) is 18.2. The van der Waals surface area contributed by atoms with Gasteiger partial charge in [-0.2, -0.15) is 0 Å². The van der Waals surface area contributed by atoms with Gasteiger partial charge in [0.25, 0.3) is 0 Å². The van der Waals surface area contributed by atoms with Crippen molar-refractivity contribution < 1.29 is 23.8 Å². The molecule has 2 N–H and O–H groups in total. The molecule has 0 aromatic heterocycles. The average molecular weight is 424 g/mol. The lowest BCUT2D eigenvalue weighted by molar-refractivity contribution is -0.138. The Balaban J connectivity index is 2.14. The Hall–Kier alpha value is -3.48. The SMILES string of the molecule is CCOC(=O)C1=C(c2ccc(OC)cc2)NC(=O)NC1c1ccccc1OCC(C)C. The standard InChI is InChI=1S/C24H28N2O5/c1-5-30-23(27)20-21(16-10-12-17(29-4)13-11-16)25-24(28)26-22(20)18-8-6-7-9-19(18)31-14-15(2)3/h6-13,15,22H,5,14H2,1-4H3,(H2,25,26,28). The molecule has 7 nitrogen and oxygen atoms in total. The molecule has 0 aliphatic carbocycles. The van der Waals surface area contributed by atoms with Crippen molar-refractivity contribution in [3.8, 4) is 11.5 Å². The maximum Gasteiger partial charge on any atom is 0.338 e. The van der Waals surface area contributed by atoms with E-state index in [2.05, 4.69) is 24.5 Å². The summed E-state index contributed by atoms with van der Waals surface area (Å²) in [6, 6.07) is 13.4. The highest BCUT2D eigenvalue weighted by atomic mass is 16.5. The Bertz CT molecular complexity index is 966. The number of esters is 1. The van der Waals surface area contributed by atoms with Crippen LogP contribution in [0.2, 0.25) is 0 Å². The molecular formula is C24H28N2O5. The van der Waals surface area contributed by atoms with Gasteiger partial charge in [-0.1, -0.05) is 32.0 Å². The lowest BCUT2D eigenvalue weighted by Gasteiger charge is -2.30. The van der Waals surface area contributed by atoms with Crippen molar-refractivity contribution >= 4 is 17.7 Å². The molecule has 2 aromatic carbocycles. The summed E-state index contributed by atoms with van der Waals surface area (Å²) in [7, 11) is 1.58. The minimum absolute atomic E-state index is 0.213. The quantitative estimate of drug-likeness (QED) is 0.624. The molecule has 164 valence electrons. The molecule has 0 fully saturated rings. The van der Waals surface area contributed by atoms with Crippen molar-refractivity contribution in [2.24, 2.45) is 5.92 Å². The second-order valence-electron chi connectivity index (χ2n) is 7.51. The van der Waals surface area contributed by atoms with Gasteiger partial charge in [0.1, 0.15) is 11.5 Å². The van der Waals surface area contributed by atoms with Crippen LogP contribution in [0.1, 0.15) is 37.9 Å². The fourth-order valence-electron chi connectivity index (χ4n) is 3.32. The smallest absolute Gasteiger partial charge is 0.338 e. The Morgan fingerprint density at radius 2 is 1.81 bits per heavy atom. The lowest BCUT2D eigenvalue weighted by Crippen LogP contribution is -2.45. The number of hydrogen-bond donors (Lipinski definition) is 2. The fourth-order valence-corrected chi connectivity index (χ4v) is 3.32. The predicted molar refractivity (Wildman–Crippen MR) is 118 cm³/mol. The molecule has 0 saturated heterocycles. The monoisotopic (exact) mass is 424 g/mol. The van der Waals surface area contributed by atoms with Crippen LogP contribution < -0.4 is 20.1 Å². The summed E-state index contributed by atoms with van der Waals surface area (Å²) in [6.45, 7) is 6.58. The third-order valence-corrected chi connectivity index (χ3v) is 4.75. The van der Waals surface area contributed by atoms with Crippen LogP contribution in [0, 0.1) is 5.92 Å². The van der Waals surface area contributed by atoms with E-state index in [0.29, 0.717) is 46.4 Å². The number of carbonyl (C=O) groups excluding carboxylic acids is 2. The van der Waals surface area contributed by atoms with E-state index in [1.165, 1.54) is 0 Å². The molecule has 0 saturated carbocycles. The Morgan fingerprint density at radius 3 is 2.45 bits per heavy atom. The maximum atomic E-state index is 13.0. The van der Waals surface area contributed by atoms with Crippen LogP contribution in [0.25, 0.3) is 5.70 Å². The zero-order valence-corrected chi connectivity index (χ0v) is 18.2. The Kier molecular flexibility index (Phi) is 7.18.